The van der Waals surface area contributed by atoms with Crippen molar-refractivity contribution in [1.29, 1.82) is 0 Å². The van der Waals surface area contributed by atoms with E-state index in [2.05, 4.69) is 44.3 Å². The average molecular weight is 535 g/mol. The quantitative estimate of drug-likeness (QED) is 0.443. The largest absolute Gasteiger partial charge is 0.396 e. The molecule has 0 amide bonds. The van der Waals surface area contributed by atoms with Gasteiger partial charge in [-0.15, -0.1) is 10.2 Å². The van der Waals surface area contributed by atoms with E-state index in [0.29, 0.717) is 18.1 Å². The van der Waals surface area contributed by atoms with Gasteiger partial charge in [-0.3, -0.25) is 0 Å². The normalized spacial score (nSPS) is 20.2. The molecule has 1 N–H and O–H groups in total. The lowest BCUT2D eigenvalue weighted by atomic mass is 9.97. The molecule has 3 aromatic rings. The summed E-state index contributed by atoms with van der Waals surface area (Å²) in [5.74, 6) is 1.23. The van der Waals surface area contributed by atoms with E-state index in [-0.39, 0.29) is 6.61 Å². The van der Waals surface area contributed by atoms with E-state index in [0.717, 1.165) is 84.6 Å². The van der Waals surface area contributed by atoms with Crippen LogP contribution in [0.4, 0.5) is 11.1 Å². The molecule has 2 aliphatic heterocycles. The molecule has 0 unspecified atom stereocenters. The highest BCUT2D eigenvalue weighted by Gasteiger charge is 2.25. The number of anilines is 2. The van der Waals surface area contributed by atoms with Crippen molar-refractivity contribution in [1.82, 2.24) is 20.2 Å². The summed E-state index contributed by atoms with van der Waals surface area (Å²) in [5, 5.41) is 20.1. The van der Waals surface area contributed by atoms with Gasteiger partial charge in [-0.05, 0) is 50.0 Å². The SMILES string of the molecule is OCC1CCN(c2nnc(-c3ccc(-c4cnc(N5CCC(OC6CCCCC6)CC5)nc4)cc3)s2)CC1. The van der Waals surface area contributed by atoms with E-state index in [1.165, 1.54) is 32.1 Å². The maximum atomic E-state index is 9.38. The molecular weight excluding hydrogens is 496 g/mol. The highest BCUT2D eigenvalue weighted by molar-refractivity contribution is 7.18. The molecule has 2 aromatic heterocycles. The third-order valence-electron chi connectivity index (χ3n) is 8.32. The van der Waals surface area contributed by atoms with Gasteiger partial charge in [0, 0.05) is 56.3 Å². The second kappa shape index (κ2) is 12.1. The lowest BCUT2D eigenvalue weighted by molar-refractivity contribution is -0.0396. The van der Waals surface area contributed by atoms with Crippen LogP contribution in [0.25, 0.3) is 21.7 Å². The summed E-state index contributed by atoms with van der Waals surface area (Å²) >= 11 is 1.63. The van der Waals surface area contributed by atoms with Crippen LogP contribution in [0.5, 0.6) is 0 Å². The number of benzene rings is 1. The maximum absolute atomic E-state index is 9.38. The smallest absolute Gasteiger partial charge is 0.225 e. The summed E-state index contributed by atoms with van der Waals surface area (Å²) in [6, 6.07) is 8.41. The number of rotatable bonds is 7. The van der Waals surface area contributed by atoms with Crippen LogP contribution in [0.1, 0.15) is 57.8 Å². The van der Waals surface area contributed by atoms with E-state index < -0.39 is 0 Å². The average Bonchev–Trinajstić information content (AvgIpc) is 3.49. The Hall–Kier alpha value is -2.62. The van der Waals surface area contributed by atoms with Crippen molar-refractivity contribution < 1.29 is 9.84 Å². The van der Waals surface area contributed by atoms with Crippen LogP contribution >= 0.6 is 11.3 Å². The zero-order valence-electron chi connectivity index (χ0n) is 22.0. The van der Waals surface area contributed by atoms with E-state index in [1.807, 2.05) is 12.4 Å². The van der Waals surface area contributed by atoms with Crippen molar-refractivity contribution in [2.24, 2.45) is 5.92 Å². The Kier molecular flexibility index (Phi) is 8.13. The van der Waals surface area contributed by atoms with Gasteiger partial charge in [0.1, 0.15) is 5.01 Å². The molecule has 3 aliphatic rings. The van der Waals surface area contributed by atoms with Crippen molar-refractivity contribution in [3.8, 4) is 21.7 Å². The molecule has 8 nitrogen and oxygen atoms in total. The molecule has 6 rings (SSSR count). The molecular formula is C29H38N6O2S. The van der Waals surface area contributed by atoms with Gasteiger partial charge in [-0.2, -0.15) is 0 Å². The van der Waals surface area contributed by atoms with E-state index in [4.69, 9.17) is 14.7 Å². The number of hydrogen-bond donors (Lipinski definition) is 1. The van der Waals surface area contributed by atoms with Crippen molar-refractivity contribution in [3.63, 3.8) is 0 Å². The van der Waals surface area contributed by atoms with E-state index in [9.17, 15) is 5.11 Å². The molecule has 4 heterocycles. The molecule has 38 heavy (non-hydrogen) atoms. The van der Waals surface area contributed by atoms with E-state index >= 15 is 0 Å². The summed E-state index contributed by atoms with van der Waals surface area (Å²) in [6.07, 6.45) is 15.3. The van der Waals surface area contributed by atoms with Crippen LogP contribution in [-0.4, -0.2) is 70.3 Å². The summed E-state index contributed by atoms with van der Waals surface area (Å²) in [5.41, 5.74) is 3.18. The van der Waals surface area contributed by atoms with Gasteiger partial charge in [0.15, 0.2) is 0 Å². The fourth-order valence-corrected chi connectivity index (χ4v) is 6.77. The van der Waals surface area contributed by atoms with Gasteiger partial charge in [0.2, 0.25) is 11.1 Å². The standard InChI is InChI=1S/C29H38N6O2S/c36-20-21-10-14-35(15-11-21)29-33-32-27(38-29)23-8-6-22(7-9-23)24-18-30-28(31-19-24)34-16-12-26(13-17-34)37-25-4-2-1-3-5-25/h6-9,18-19,21,25-26,36H,1-5,10-17,20H2. The molecule has 0 spiro atoms. The highest BCUT2D eigenvalue weighted by Crippen LogP contribution is 2.32. The van der Waals surface area contributed by atoms with Crippen molar-refractivity contribution >= 4 is 22.4 Å². The highest BCUT2D eigenvalue weighted by atomic mass is 32.1. The van der Waals surface area contributed by atoms with Crippen molar-refractivity contribution in [2.75, 3.05) is 42.6 Å². The summed E-state index contributed by atoms with van der Waals surface area (Å²) in [4.78, 5) is 14.0. The molecule has 3 fully saturated rings. The number of piperidine rings is 2. The minimum Gasteiger partial charge on any atom is -0.396 e. The minimum atomic E-state index is 0.282. The third kappa shape index (κ3) is 6.00. The molecule has 1 saturated carbocycles. The lowest BCUT2D eigenvalue weighted by Crippen LogP contribution is -2.39. The van der Waals surface area contributed by atoms with Gasteiger partial charge >= 0.3 is 0 Å². The Balaban J connectivity index is 1.03. The number of aliphatic hydroxyl groups is 1. The fraction of sp³-hybridized carbons (Fsp3) is 0.586. The van der Waals surface area contributed by atoms with Crippen molar-refractivity contribution in [2.45, 2.75) is 70.0 Å². The fourth-order valence-electron chi connectivity index (χ4n) is 5.87. The first kappa shape index (κ1) is 25.6. The van der Waals surface area contributed by atoms with Gasteiger partial charge in [0.25, 0.3) is 0 Å². The number of hydrogen-bond acceptors (Lipinski definition) is 9. The minimum absolute atomic E-state index is 0.282. The van der Waals surface area contributed by atoms with Crippen LogP contribution in [0.2, 0.25) is 0 Å². The molecule has 0 bridgehead atoms. The Bertz CT molecular complexity index is 1150. The summed E-state index contributed by atoms with van der Waals surface area (Å²) in [6.45, 7) is 4.05. The molecule has 2 saturated heterocycles. The van der Waals surface area contributed by atoms with Crippen LogP contribution in [-0.2, 0) is 4.74 Å². The van der Waals surface area contributed by atoms with E-state index in [1.54, 1.807) is 11.3 Å². The van der Waals surface area contributed by atoms with Gasteiger partial charge in [0.05, 0.1) is 12.2 Å². The molecule has 1 aromatic carbocycles. The number of aliphatic hydroxyl groups excluding tert-OH is 1. The monoisotopic (exact) mass is 534 g/mol. The lowest BCUT2D eigenvalue weighted by Gasteiger charge is -2.34. The number of ether oxygens (including phenoxy) is 1. The first-order chi connectivity index (χ1) is 18.7. The van der Waals surface area contributed by atoms with Crippen LogP contribution < -0.4 is 9.80 Å². The second-order valence-corrected chi connectivity index (χ2v) is 11.9. The van der Waals surface area contributed by atoms with Gasteiger partial charge < -0.3 is 19.6 Å². The Morgan fingerprint density at radius 2 is 1.37 bits per heavy atom. The summed E-state index contributed by atoms with van der Waals surface area (Å²) < 4.78 is 6.39. The predicted molar refractivity (Wildman–Crippen MR) is 152 cm³/mol. The molecule has 202 valence electrons. The Labute approximate surface area is 229 Å². The van der Waals surface area contributed by atoms with Crippen LogP contribution in [0.3, 0.4) is 0 Å². The molecule has 9 heteroatoms. The third-order valence-corrected chi connectivity index (χ3v) is 9.36. The first-order valence-electron chi connectivity index (χ1n) is 14.3. The van der Waals surface area contributed by atoms with Crippen LogP contribution in [0, 0.1) is 5.92 Å². The number of aromatic nitrogens is 4. The van der Waals surface area contributed by atoms with Gasteiger partial charge in [-0.1, -0.05) is 54.9 Å². The van der Waals surface area contributed by atoms with Gasteiger partial charge in [-0.25, -0.2) is 9.97 Å². The topological polar surface area (TPSA) is 87.5 Å². The second-order valence-electron chi connectivity index (χ2n) is 10.9. The maximum Gasteiger partial charge on any atom is 0.225 e. The predicted octanol–water partition coefficient (Wildman–Crippen LogP) is 5.19. The molecule has 0 atom stereocenters. The van der Waals surface area contributed by atoms with Crippen molar-refractivity contribution in [3.05, 3.63) is 36.7 Å². The Morgan fingerprint density at radius 1 is 0.737 bits per heavy atom. The number of nitrogens with zero attached hydrogens (tertiary/aromatic N) is 6. The molecule has 1 aliphatic carbocycles. The Morgan fingerprint density at radius 3 is 2.05 bits per heavy atom. The molecule has 0 radical (unpaired) electrons. The zero-order chi connectivity index (χ0) is 25.7. The first-order valence-corrected chi connectivity index (χ1v) is 15.1. The zero-order valence-corrected chi connectivity index (χ0v) is 22.9. The van der Waals surface area contributed by atoms with Crippen LogP contribution in [0.15, 0.2) is 36.7 Å². The summed E-state index contributed by atoms with van der Waals surface area (Å²) in [7, 11) is 0.